The minimum absolute atomic E-state index is 0.0492. The molecule has 0 aliphatic carbocycles. The molecule has 0 aromatic carbocycles. The Kier molecular flexibility index (Phi) is 9.87. The lowest BCUT2D eigenvalue weighted by atomic mass is 9.97. The number of likely N-dealkylation sites (tertiary alicyclic amines) is 1. The molecule has 1 aliphatic rings. The van der Waals surface area contributed by atoms with Crippen molar-refractivity contribution in [3.8, 4) is 0 Å². The van der Waals surface area contributed by atoms with E-state index in [1.54, 1.807) is 0 Å². The zero-order chi connectivity index (χ0) is 20.4. The van der Waals surface area contributed by atoms with Gasteiger partial charge in [0.05, 0.1) is 18.2 Å². The standard InChI is InChI=1S/C20H34N4O3S/c1-4-5-11-27-12-7-9-21-19(26)17-8-6-10-24(13-17)14-18(25)23-20-22-15(2)16(3)28-20/h17H,4-14H2,1-3H3,(H,21,26)(H,22,23,25). The van der Waals surface area contributed by atoms with Crippen LogP contribution in [0.1, 0.15) is 49.6 Å². The van der Waals surface area contributed by atoms with Gasteiger partial charge in [-0.1, -0.05) is 13.3 Å². The normalized spacial score (nSPS) is 17.5. The summed E-state index contributed by atoms with van der Waals surface area (Å²) in [6.07, 6.45) is 4.86. The van der Waals surface area contributed by atoms with Gasteiger partial charge in [-0.25, -0.2) is 4.98 Å². The molecule has 1 aromatic heterocycles. The Bertz CT molecular complexity index is 615. The number of nitrogens with zero attached hydrogens (tertiary/aromatic N) is 2. The van der Waals surface area contributed by atoms with Crippen LogP contribution < -0.4 is 10.6 Å². The van der Waals surface area contributed by atoms with Gasteiger partial charge in [-0.05, 0) is 46.1 Å². The molecular formula is C20H34N4O3S. The van der Waals surface area contributed by atoms with Gasteiger partial charge in [-0.3, -0.25) is 14.5 Å². The quantitative estimate of drug-likeness (QED) is 0.548. The van der Waals surface area contributed by atoms with Crippen molar-refractivity contribution < 1.29 is 14.3 Å². The van der Waals surface area contributed by atoms with Crippen LogP contribution in [0.15, 0.2) is 0 Å². The van der Waals surface area contributed by atoms with Crippen LogP contribution in [0, 0.1) is 19.8 Å². The first-order valence-electron chi connectivity index (χ1n) is 10.3. The number of unbranched alkanes of at least 4 members (excludes halogenated alkanes) is 1. The van der Waals surface area contributed by atoms with Crippen LogP contribution in [-0.4, -0.2) is 61.1 Å². The summed E-state index contributed by atoms with van der Waals surface area (Å²) in [6, 6.07) is 0. The average Bonchev–Trinajstić information content (AvgIpc) is 2.97. The maximum atomic E-state index is 12.4. The summed E-state index contributed by atoms with van der Waals surface area (Å²) in [5, 5.41) is 6.53. The molecule has 2 heterocycles. The number of hydrogen-bond donors (Lipinski definition) is 2. The molecule has 28 heavy (non-hydrogen) atoms. The van der Waals surface area contributed by atoms with E-state index >= 15 is 0 Å². The molecule has 8 heteroatoms. The Morgan fingerprint density at radius 3 is 2.79 bits per heavy atom. The lowest BCUT2D eigenvalue weighted by Gasteiger charge is -2.31. The summed E-state index contributed by atoms with van der Waals surface area (Å²) in [6.45, 7) is 9.97. The number of rotatable bonds is 11. The number of thiazole rings is 1. The molecule has 1 aliphatic heterocycles. The van der Waals surface area contributed by atoms with E-state index in [9.17, 15) is 9.59 Å². The topological polar surface area (TPSA) is 83.6 Å². The van der Waals surface area contributed by atoms with Crippen molar-refractivity contribution in [2.45, 2.75) is 52.9 Å². The summed E-state index contributed by atoms with van der Waals surface area (Å²) in [5.74, 6) is -0.0317. The number of carbonyl (C=O) groups excluding carboxylic acids is 2. The van der Waals surface area contributed by atoms with Crippen LogP contribution in [0.5, 0.6) is 0 Å². The fourth-order valence-electron chi connectivity index (χ4n) is 3.18. The largest absolute Gasteiger partial charge is 0.381 e. The van der Waals surface area contributed by atoms with Crippen LogP contribution in [0.4, 0.5) is 5.13 Å². The minimum Gasteiger partial charge on any atom is -0.381 e. The second-order valence-corrected chi connectivity index (χ2v) is 8.60. The Morgan fingerprint density at radius 1 is 1.29 bits per heavy atom. The maximum absolute atomic E-state index is 12.4. The summed E-state index contributed by atoms with van der Waals surface area (Å²) in [5.41, 5.74) is 0.950. The third kappa shape index (κ3) is 7.85. The van der Waals surface area contributed by atoms with E-state index in [1.165, 1.54) is 11.3 Å². The molecule has 0 bridgehead atoms. The van der Waals surface area contributed by atoms with E-state index in [4.69, 9.17) is 4.74 Å². The molecule has 0 radical (unpaired) electrons. The zero-order valence-electron chi connectivity index (χ0n) is 17.4. The summed E-state index contributed by atoms with van der Waals surface area (Å²) in [7, 11) is 0. The third-order valence-electron chi connectivity index (χ3n) is 4.93. The average molecular weight is 411 g/mol. The number of carbonyl (C=O) groups is 2. The van der Waals surface area contributed by atoms with Crippen molar-refractivity contribution in [2.75, 3.05) is 44.7 Å². The predicted octanol–water partition coefficient (Wildman–Crippen LogP) is 2.73. The Labute approximate surface area is 172 Å². The summed E-state index contributed by atoms with van der Waals surface area (Å²) >= 11 is 1.49. The van der Waals surface area contributed by atoms with Gasteiger partial charge in [-0.15, -0.1) is 11.3 Å². The van der Waals surface area contributed by atoms with Crippen LogP contribution in [-0.2, 0) is 14.3 Å². The number of ether oxygens (including phenoxy) is 1. The Balaban J connectivity index is 1.66. The molecule has 7 nitrogen and oxygen atoms in total. The van der Waals surface area contributed by atoms with Gasteiger partial charge in [0.2, 0.25) is 11.8 Å². The Morgan fingerprint density at radius 2 is 2.07 bits per heavy atom. The van der Waals surface area contributed by atoms with Crippen molar-refractivity contribution in [3.05, 3.63) is 10.6 Å². The fourth-order valence-corrected chi connectivity index (χ4v) is 4.01. The molecule has 1 fully saturated rings. The van der Waals surface area contributed by atoms with Gasteiger partial charge in [0.1, 0.15) is 0 Å². The molecule has 2 rings (SSSR count). The summed E-state index contributed by atoms with van der Waals surface area (Å²) in [4.78, 5) is 32.2. The lowest BCUT2D eigenvalue weighted by molar-refractivity contribution is -0.128. The van der Waals surface area contributed by atoms with Crippen molar-refractivity contribution in [1.82, 2.24) is 15.2 Å². The number of nitrogens with one attached hydrogen (secondary N) is 2. The van der Waals surface area contributed by atoms with Crippen molar-refractivity contribution in [1.29, 1.82) is 0 Å². The second kappa shape index (κ2) is 12.1. The molecule has 158 valence electrons. The number of hydrogen-bond acceptors (Lipinski definition) is 6. The number of anilines is 1. The SMILES string of the molecule is CCCCOCCCNC(=O)C1CCCN(CC(=O)Nc2nc(C)c(C)s2)C1. The van der Waals surface area contributed by atoms with Gasteiger partial charge in [0, 0.05) is 31.2 Å². The van der Waals surface area contributed by atoms with Gasteiger partial charge in [0.15, 0.2) is 5.13 Å². The molecule has 2 amide bonds. The van der Waals surface area contributed by atoms with Crippen LogP contribution >= 0.6 is 11.3 Å². The van der Waals surface area contributed by atoms with Crippen molar-refractivity contribution >= 4 is 28.3 Å². The van der Waals surface area contributed by atoms with Crippen LogP contribution in [0.3, 0.4) is 0 Å². The van der Waals surface area contributed by atoms with Crippen LogP contribution in [0.2, 0.25) is 0 Å². The van der Waals surface area contributed by atoms with E-state index in [2.05, 4.69) is 27.4 Å². The van der Waals surface area contributed by atoms with Gasteiger partial charge in [-0.2, -0.15) is 0 Å². The van der Waals surface area contributed by atoms with Crippen LogP contribution in [0.25, 0.3) is 0 Å². The number of aromatic nitrogens is 1. The summed E-state index contributed by atoms with van der Waals surface area (Å²) < 4.78 is 5.51. The zero-order valence-corrected chi connectivity index (χ0v) is 18.2. The number of aryl methyl sites for hydroxylation is 2. The lowest BCUT2D eigenvalue weighted by Crippen LogP contribution is -2.45. The first-order chi connectivity index (χ1) is 13.5. The van der Waals surface area contributed by atoms with Gasteiger partial charge in [0.25, 0.3) is 0 Å². The first-order valence-corrected chi connectivity index (χ1v) is 11.1. The van der Waals surface area contributed by atoms with Gasteiger partial charge < -0.3 is 15.4 Å². The minimum atomic E-state index is -0.0703. The van der Waals surface area contributed by atoms with Crippen molar-refractivity contribution in [3.63, 3.8) is 0 Å². The van der Waals surface area contributed by atoms with E-state index in [0.29, 0.717) is 31.4 Å². The van der Waals surface area contributed by atoms with E-state index in [0.717, 1.165) is 55.8 Å². The highest BCUT2D eigenvalue weighted by Crippen LogP contribution is 2.21. The first kappa shape index (κ1) is 22.8. The maximum Gasteiger partial charge on any atom is 0.240 e. The highest BCUT2D eigenvalue weighted by atomic mass is 32.1. The van der Waals surface area contributed by atoms with E-state index in [-0.39, 0.29) is 17.7 Å². The van der Waals surface area contributed by atoms with Gasteiger partial charge >= 0.3 is 0 Å². The number of piperidine rings is 1. The van der Waals surface area contributed by atoms with E-state index in [1.807, 2.05) is 13.8 Å². The molecule has 0 spiro atoms. The molecule has 1 unspecified atom stereocenters. The molecule has 1 aromatic rings. The van der Waals surface area contributed by atoms with E-state index < -0.39 is 0 Å². The van der Waals surface area contributed by atoms with Crippen molar-refractivity contribution in [2.24, 2.45) is 5.92 Å². The highest BCUT2D eigenvalue weighted by Gasteiger charge is 2.26. The molecule has 1 saturated heterocycles. The third-order valence-corrected chi connectivity index (χ3v) is 5.91. The second-order valence-electron chi connectivity index (χ2n) is 7.39. The molecule has 0 saturated carbocycles. The predicted molar refractivity (Wildman–Crippen MR) is 113 cm³/mol. The number of amides is 2. The molecular weight excluding hydrogens is 376 g/mol. The Hall–Kier alpha value is -1.51. The fraction of sp³-hybridized carbons (Fsp3) is 0.750. The molecule has 1 atom stereocenters. The highest BCUT2D eigenvalue weighted by molar-refractivity contribution is 7.15. The molecule has 2 N–H and O–H groups in total. The smallest absolute Gasteiger partial charge is 0.240 e. The monoisotopic (exact) mass is 410 g/mol.